The van der Waals surface area contributed by atoms with Gasteiger partial charge in [0.2, 0.25) is 5.91 Å². The van der Waals surface area contributed by atoms with Crippen molar-refractivity contribution in [2.45, 2.75) is 6.92 Å². The molecule has 0 spiro atoms. The highest BCUT2D eigenvalue weighted by atomic mass is 16.5. The largest absolute Gasteiger partial charge is 0.384 e. The van der Waals surface area contributed by atoms with E-state index in [4.69, 9.17) is 5.73 Å². The molecule has 0 aliphatic carbocycles. The second kappa shape index (κ2) is 3.43. The summed E-state index contributed by atoms with van der Waals surface area (Å²) in [5, 5.41) is 0. The Morgan fingerprint density at radius 1 is 1.88 bits per heavy atom. The number of primary amides is 1. The molecular formula is C5H11NO2. The first-order valence-electron chi connectivity index (χ1n) is 2.46. The van der Waals surface area contributed by atoms with Crippen molar-refractivity contribution in [3.8, 4) is 0 Å². The summed E-state index contributed by atoms with van der Waals surface area (Å²) < 4.78 is 4.66. The van der Waals surface area contributed by atoms with Crippen LogP contribution < -0.4 is 5.73 Å². The molecule has 0 rings (SSSR count). The number of rotatable bonds is 3. The van der Waals surface area contributed by atoms with Crippen LogP contribution in [0.3, 0.4) is 0 Å². The Hall–Kier alpha value is -0.570. The van der Waals surface area contributed by atoms with Crippen LogP contribution in [-0.4, -0.2) is 19.6 Å². The van der Waals surface area contributed by atoms with Crippen molar-refractivity contribution in [1.82, 2.24) is 0 Å². The van der Waals surface area contributed by atoms with Gasteiger partial charge in [-0.05, 0) is 0 Å². The van der Waals surface area contributed by atoms with Gasteiger partial charge in [0, 0.05) is 7.11 Å². The van der Waals surface area contributed by atoms with E-state index in [1.165, 1.54) is 0 Å². The SMILES string of the molecule is COC[C@H](C)C(N)=O. The average Bonchev–Trinajstić information content (AvgIpc) is 1.67. The Bertz CT molecular complexity index is 82.5. The van der Waals surface area contributed by atoms with Crippen molar-refractivity contribution < 1.29 is 9.53 Å². The molecule has 3 nitrogen and oxygen atoms in total. The van der Waals surface area contributed by atoms with E-state index < -0.39 is 0 Å². The number of amides is 1. The zero-order valence-corrected chi connectivity index (χ0v) is 5.18. The van der Waals surface area contributed by atoms with E-state index in [1.807, 2.05) is 0 Å². The first-order valence-corrected chi connectivity index (χ1v) is 2.46. The quantitative estimate of drug-likeness (QED) is 0.554. The van der Waals surface area contributed by atoms with Crippen LogP contribution in [0.4, 0.5) is 0 Å². The van der Waals surface area contributed by atoms with E-state index in [1.54, 1.807) is 14.0 Å². The first-order chi connectivity index (χ1) is 3.68. The summed E-state index contributed by atoms with van der Waals surface area (Å²) in [6.45, 7) is 2.14. The third-order valence-electron chi connectivity index (χ3n) is 0.902. The van der Waals surface area contributed by atoms with E-state index in [0.29, 0.717) is 6.61 Å². The summed E-state index contributed by atoms with van der Waals surface area (Å²) in [5.74, 6) is -0.480. The van der Waals surface area contributed by atoms with Gasteiger partial charge in [0.1, 0.15) is 0 Å². The van der Waals surface area contributed by atoms with Gasteiger partial charge in [0.15, 0.2) is 0 Å². The third-order valence-corrected chi connectivity index (χ3v) is 0.902. The molecule has 0 radical (unpaired) electrons. The third kappa shape index (κ3) is 2.58. The molecule has 0 heterocycles. The lowest BCUT2D eigenvalue weighted by atomic mass is 10.2. The van der Waals surface area contributed by atoms with Crippen molar-refractivity contribution in [2.75, 3.05) is 13.7 Å². The second-order valence-electron chi connectivity index (χ2n) is 1.76. The normalized spacial score (nSPS) is 13.2. The fourth-order valence-electron chi connectivity index (χ4n) is 0.332. The number of ether oxygens (including phenoxy) is 1. The molecule has 0 bridgehead atoms. The molecule has 0 unspecified atom stereocenters. The van der Waals surface area contributed by atoms with Crippen molar-refractivity contribution in [3.63, 3.8) is 0 Å². The van der Waals surface area contributed by atoms with Gasteiger partial charge in [-0.15, -0.1) is 0 Å². The molecule has 0 aliphatic rings. The first kappa shape index (κ1) is 7.43. The maximum atomic E-state index is 10.2. The summed E-state index contributed by atoms with van der Waals surface area (Å²) in [6, 6.07) is 0. The van der Waals surface area contributed by atoms with Gasteiger partial charge in [-0.3, -0.25) is 4.79 Å². The van der Waals surface area contributed by atoms with Gasteiger partial charge in [0.05, 0.1) is 12.5 Å². The zero-order chi connectivity index (χ0) is 6.57. The highest BCUT2D eigenvalue weighted by Gasteiger charge is 2.05. The van der Waals surface area contributed by atoms with Gasteiger partial charge < -0.3 is 10.5 Å². The molecule has 0 saturated carbocycles. The van der Waals surface area contributed by atoms with Crippen LogP contribution in [0.25, 0.3) is 0 Å². The molecule has 0 saturated heterocycles. The lowest BCUT2D eigenvalue weighted by Crippen LogP contribution is -2.23. The molecule has 0 fully saturated rings. The topological polar surface area (TPSA) is 52.3 Å². The highest BCUT2D eigenvalue weighted by molar-refractivity contribution is 5.76. The lowest BCUT2D eigenvalue weighted by molar-refractivity contribution is -0.122. The summed E-state index contributed by atoms with van der Waals surface area (Å²) in [4.78, 5) is 10.2. The zero-order valence-electron chi connectivity index (χ0n) is 5.18. The summed E-state index contributed by atoms with van der Waals surface area (Å²) in [5.41, 5.74) is 4.90. The van der Waals surface area contributed by atoms with E-state index in [0.717, 1.165) is 0 Å². The van der Waals surface area contributed by atoms with Crippen molar-refractivity contribution in [3.05, 3.63) is 0 Å². The number of hydrogen-bond acceptors (Lipinski definition) is 2. The molecule has 0 aromatic rings. The number of methoxy groups -OCH3 is 1. The Kier molecular flexibility index (Phi) is 3.19. The maximum Gasteiger partial charge on any atom is 0.222 e. The van der Waals surface area contributed by atoms with Crippen LogP contribution in [-0.2, 0) is 9.53 Å². The van der Waals surface area contributed by atoms with E-state index in [-0.39, 0.29) is 11.8 Å². The molecule has 2 N–H and O–H groups in total. The highest BCUT2D eigenvalue weighted by Crippen LogP contribution is 1.90. The van der Waals surface area contributed by atoms with Crippen LogP contribution >= 0.6 is 0 Å². The number of hydrogen-bond donors (Lipinski definition) is 1. The molecule has 0 aromatic carbocycles. The van der Waals surface area contributed by atoms with E-state index >= 15 is 0 Å². The van der Waals surface area contributed by atoms with Gasteiger partial charge in [-0.2, -0.15) is 0 Å². The van der Waals surface area contributed by atoms with Crippen LogP contribution in [0, 0.1) is 5.92 Å². The molecule has 1 atom stereocenters. The summed E-state index contributed by atoms with van der Waals surface area (Å²) in [7, 11) is 1.54. The Morgan fingerprint density at radius 2 is 2.38 bits per heavy atom. The standard InChI is InChI=1S/C5H11NO2/c1-4(3-8-2)5(6)7/h4H,3H2,1-2H3,(H2,6,7)/t4-/m0/s1. The Labute approximate surface area is 48.8 Å². The monoisotopic (exact) mass is 117 g/mol. The number of nitrogens with two attached hydrogens (primary N) is 1. The van der Waals surface area contributed by atoms with Crippen molar-refractivity contribution >= 4 is 5.91 Å². The number of carbonyl (C=O) groups is 1. The van der Waals surface area contributed by atoms with Crippen LogP contribution in [0.15, 0.2) is 0 Å². The summed E-state index contributed by atoms with van der Waals surface area (Å²) >= 11 is 0. The lowest BCUT2D eigenvalue weighted by Gasteiger charge is -2.02. The van der Waals surface area contributed by atoms with Gasteiger partial charge >= 0.3 is 0 Å². The van der Waals surface area contributed by atoms with Crippen molar-refractivity contribution in [1.29, 1.82) is 0 Å². The number of carbonyl (C=O) groups excluding carboxylic acids is 1. The minimum absolute atomic E-state index is 0.167. The second-order valence-corrected chi connectivity index (χ2v) is 1.76. The van der Waals surface area contributed by atoms with Crippen molar-refractivity contribution in [2.24, 2.45) is 11.7 Å². The average molecular weight is 117 g/mol. The predicted octanol–water partition coefficient (Wildman–Crippen LogP) is -0.246. The minimum Gasteiger partial charge on any atom is -0.384 e. The molecule has 3 heteroatoms. The molecule has 1 amide bonds. The molecular weight excluding hydrogens is 106 g/mol. The molecule has 0 aromatic heterocycles. The van der Waals surface area contributed by atoms with Crippen LogP contribution in [0.2, 0.25) is 0 Å². The van der Waals surface area contributed by atoms with Gasteiger partial charge in [0.25, 0.3) is 0 Å². The smallest absolute Gasteiger partial charge is 0.222 e. The minimum atomic E-state index is -0.313. The van der Waals surface area contributed by atoms with E-state index in [2.05, 4.69) is 4.74 Å². The Balaban J connectivity index is 3.32. The van der Waals surface area contributed by atoms with Crippen LogP contribution in [0.5, 0.6) is 0 Å². The fraction of sp³-hybridized carbons (Fsp3) is 0.800. The van der Waals surface area contributed by atoms with Gasteiger partial charge in [-0.25, -0.2) is 0 Å². The predicted molar refractivity (Wildman–Crippen MR) is 30.2 cm³/mol. The molecule has 0 aliphatic heterocycles. The van der Waals surface area contributed by atoms with Gasteiger partial charge in [-0.1, -0.05) is 6.92 Å². The van der Waals surface area contributed by atoms with Crippen LogP contribution in [0.1, 0.15) is 6.92 Å². The fourth-order valence-corrected chi connectivity index (χ4v) is 0.332. The molecule has 48 valence electrons. The summed E-state index contributed by atoms with van der Waals surface area (Å²) in [6.07, 6.45) is 0. The molecule has 8 heavy (non-hydrogen) atoms. The maximum absolute atomic E-state index is 10.2. The Morgan fingerprint density at radius 3 is 2.50 bits per heavy atom. The van der Waals surface area contributed by atoms with E-state index in [9.17, 15) is 4.79 Å².